The number of rotatable bonds is 3. The van der Waals surface area contributed by atoms with Crippen molar-refractivity contribution in [2.75, 3.05) is 18.0 Å². The number of hydrogen-bond acceptors (Lipinski definition) is 4. The van der Waals surface area contributed by atoms with E-state index < -0.39 is 5.60 Å². The molecule has 116 valence electrons. The quantitative estimate of drug-likeness (QED) is 0.897. The molecule has 0 spiro atoms. The van der Waals surface area contributed by atoms with E-state index in [0.717, 1.165) is 30.8 Å². The van der Waals surface area contributed by atoms with Gasteiger partial charge in [0, 0.05) is 18.8 Å². The van der Waals surface area contributed by atoms with E-state index in [9.17, 15) is 9.90 Å². The van der Waals surface area contributed by atoms with Crippen LogP contribution in [0.1, 0.15) is 32.8 Å². The molecule has 0 aromatic heterocycles. The number of alkyl carbamates (subject to hydrolysis) is 1. The van der Waals surface area contributed by atoms with E-state index in [2.05, 4.69) is 10.2 Å². The summed E-state index contributed by atoms with van der Waals surface area (Å²) in [4.78, 5) is 14.0. The summed E-state index contributed by atoms with van der Waals surface area (Å²) >= 11 is 0. The first-order valence-electron chi connectivity index (χ1n) is 7.31. The molecule has 1 saturated heterocycles. The van der Waals surface area contributed by atoms with Gasteiger partial charge in [-0.2, -0.15) is 0 Å². The van der Waals surface area contributed by atoms with Gasteiger partial charge in [0.2, 0.25) is 0 Å². The number of aliphatic hydroxyl groups is 1. The van der Waals surface area contributed by atoms with Crippen LogP contribution in [0.3, 0.4) is 0 Å². The van der Waals surface area contributed by atoms with Gasteiger partial charge in [0.15, 0.2) is 0 Å². The van der Waals surface area contributed by atoms with Crippen LogP contribution in [-0.2, 0) is 11.3 Å². The highest BCUT2D eigenvalue weighted by Gasteiger charge is 2.26. The highest BCUT2D eigenvalue weighted by molar-refractivity contribution is 5.68. The molecule has 2 rings (SSSR count). The zero-order valence-electron chi connectivity index (χ0n) is 12.9. The molecule has 1 aliphatic rings. The van der Waals surface area contributed by atoms with Crippen LogP contribution in [0.4, 0.5) is 10.5 Å². The number of carbonyl (C=O) groups is 1. The Morgan fingerprint density at radius 3 is 2.90 bits per heavy atom. The predicted molar refractivity (Wildman–Crippen MR) is 82.4 cm³/mol. The number of hydrogen-bond donors (Lipinski definition) is 2. The Morgan fingerprint density at radius 1 is 1.48 bits per heavy atom. The Labute approximate surface area is 125 Å². The van der Waals surface area contributed by atoms with Crippen LogP contribution in [0.5, 0.6) is 0 Å². The molecule has 0 radical (unpaired) electrons. The van der Waals surface area contributed by atoms with Crippen molar-refractivity contribution in [3.63, 3.8) is 0 Å². The second kappa shape index (κ2) is 6.35. The maximum absolute atomic E-state index is 11.8. The van der Waals surface area contributed by atoms with E-state index >= 15 is 0 Å². The Morgan fingerprint density at radius 2 is 2.24 bits per heavy atom. The first-order chi connectivity index (χ1) is 9.87. The van der Waals surface area contributed by atoms with Crippen LogP contribution < -0.4 is 10.2 Å². The van der Waals surface area contributed by atoms with E-state index in [0.29, 0.717) is 0 Å². The van der Waals surface area contributed by atoms with E-state index in [1.807, 2.05) is 45.0 Å². The van der Waals surface area contributed by atoms with E-state index in [4.69, 9.17) is 4.74 Å². The van der Waals surface area contributed by atoms with Gasteiger partial charge in [0.1, 0.15) is 5.60 Å². The molecular formula is C16H24N2O3. The van der Waals surface area contributed by atoms with Gasteiger partial charge in [-0.15, -0.1) is 0 Å². The Bertz CT molecular complexity index is 497. The molecule has 0 aliphatic carbocycles. The fourth-order valence-electron chi connectivity index (χ4n) is 2.44. The molecule has 21 heavy (non-hydrogen) atoms. The zero-order chi connectivity index (χ0) is 15.5. The summed E-state index contributed by atoms with van der Waals surface area (Å²) in [6.45, 7) is 7.25. The fourth-order valence-corrected chi connectivity index (χ4v) is 2.44. The predicted octanol–water partition coefficient (Wildman–Crippen LogP) is 2.28. The lowest BCUT2D eigenvalue weighted by Gasteiger charge is -2.22. The third-order valence-electron chi connectivity index (χ3n) is 3.37. The van der Waals surface area contributed by atoms with Gasteiger partial charge < -0.3 is 20.1 Å². The summed E-state index contributed by atoms with van der Waals surface area (Å²) < 4.78 is 5.28. The van der Waals surface area contributed by atoms with Crippen LogP contribution in [-0.4, -0.2) is 35.9 Å². The average Bonchev–Trinajstić information content (AvgIpc) is 2.85. The van der Waals surface area contributed by atoms with Crippen LogP contribution in [0.25, 0.3) is 0 Å². The number of nitrogens with zero attached hydrogens (tertiary/aromatic N) is 1. The molecule has 0 unspecified atom stereocenters. The van der Waals surface area contributed by atoms with Crippen molar-refractivity contribution in [2.45, 2.75) is 45.4 Å². The number of anilines is 1. The number of ether oxygens (including phenoxy) is 1. The number of nitrogens with one attached hydrogen (secondary N) is 1. The van der Waals surface area contributed by atoms with Gasteiger partial charge >= 0.3 is 6.09 Å². The molecule has 1 aliphatic heterocycles. The smallest absolute Gasteiger partial charge is 0.407 e. The van der Waals surface area contributed by atoms with Crippen molar-refractivity contribution in [1.29, 1.82) is 0 Å². The summed E-state index contributed by atoms with van der Waals surface area (Å²) in [6, 6.07) is 7.94. The second-order valence-electron chi connectivity index (χ2n) is 6.41. The summed E-state index contributed by atoms with van der Waals surface area (Å²) in [7, 11) is 0. The molecule has 1 heterocycles. The Balaban J connectivity index is 1.90. The lowest BCUT2D eigenvalue weighted by atomic mass is 10.2. The first-order valence-corrected chi connectivity index (χ1v) is 7.31. The van der Waals surface area contributed by atoms with Crippen molar-refractivity contribution in [2.24, 2.45) is 0 Å². The van der Waals surface area contributed by atoms with Crippen molar-refractivity contribution in [3.8, 4) is 0 Å². The minimum atomic E-state index is -0.474. The fraction of sp³-hybridized carbons (Fsp3) is 0.562. The maximum atomic E-state index is 11.8. The monoisotopic (exact) mass is 292 g/mol. The summed E-state index contributed by atoms with van der Waals surface area (Å²) in [5, 5.41) is 12.1. The van der Waals surface area contributed by atoms with Gasteiger partial charge in [0.25, 0.3) is 0 Å². The topological polar surface area (TPSA) is 61.8 Å². The van der Waals surface area contributed by atoms with Gasteiger partial charge in [-0.25, -0.2) is 4.79 Å². The minimum Gasteiger partial charge on any atom is -0.444 e. The van der Waals surface area contributed by atoms with Gasteiger partial charge in [0.05, 0.1) is 12.6 Å². The number of amides is 1. The Hall–Kier alpha value is -1.75. The zero-order valence-corrected chi connectivity index (χ0v) is 12.9. The van der Waals surface area contributed by atoms with Crippen molar-refractivity contribution in [3.05, 3.63) is 29.8 Å². The highest BCUT2D eigenvalue weighted by Crippen LogP contribution is 2.21. The SMILES string of the molecule is CC(C)(C)OC(=O)N[C@@H]1CCN(c2cccc(CO)c2)C1. The summed E-state index contributed by atoms with van der Waals surface area (Å²) in [5.74, 6) is 0. The largest absolute Gasteiger partial charge is 0.444 e. The molecule has 1 aromatic rings. The van der Waals surface area contributed by atoms with Gasteiger partial charge in [-0.3, -0.25) is 0 Å². The number of carbonyl (C=O) groups excluding carboxylic acids is 1. The molecule has 0 saturated carbocycles. The number of benzene rings is 1. The van der Waals surface area contributed by atoms with E-state index in [-0.39, 0.29) is 18.7 Å². The molecule has 2 N–H and O–H groups in total. The molecule has 5 nitrogen and oxygen atoms in total. The Kier molecular flexibility index (Phi) is 4.73. The molecule has 1 atom stereocenters. The van der Waals surface area contributed by atoms with Gasteiger partial charge in [-0.1, -0.05) is 12.1 Å². The standard InChI is InChI=1S/C16H24N2O3/c1-16(2,3)21-15(20)17-13-7-8-18(10-13)14-6-4-5-12(9-14)11-19/h4-6,9,13,19H,7-8,10-11H2,1-3H3,(H,17,20)/t13-/m1/s1. The molecule has 5 heteroatoms. The van der Waals surface area contributed by atoms with Crippen LogP contribution >= 0.6 is 0 Å². The second-order valence-corrected chi connectivity index (χ2v) is 6.41. The third kappa shape index (κ3) is 4.63. The van der Waals surface area contributed by atoms with Crippen molar-refractivity contribution >= 4 is 11.8 Å². The molecule has 1 aromatic carbocycles. The number of aliphatic hydroxyl groups excluding tert-OH is 1. The lowest BCUT2D eigenvalue weighted by Crippen LogP contribution is -2.40. The van der Waals surface area contributed by atoms with E-state index in [1.54, 1.807) is 0 Å². The minimum absolute atomic E-state index is 0.0429. The summed E-state index contributed by atoms with van der Waals surface area (Å²) in [5.41, 5.74) is 1.50. The van der Waals surface area contributed by atoms with Crippen molar-refractivity contribution < 1.29 is 14.6 Å². The first kappa shape index (κ1) is 15.6. The lowest BCUT2D eigenvalue weighted by molar-refractivity contribution is 0.0509. The van der Waals surface area contributed by atoms with Crippen LogP contribution in [0, 0.1) is 0 Å². The van der Waals surface area contributed by atoms with Crippen LogP contribution in [0.2, 0.25) is 0 Å². The highest BCUT2D eigenvalue weighted by atomic mass is 16.6. The third-order valence-corrected chi connectivity index (χ3v) is 3.37. The van der Waals surface area contributed by atoms with E-state index in [1.165, 1.54) is 0 Å². The molecule has 1 fully saturated rings. The van der Waals surface area contributed by atoms with Crippen molar-refractivity contribution in [1.82, 2.24) is 5.32 Å². The molecule has 0 bridgehead atoms. The van der Waals surface area contributed by atoms with Gasteiger partial charge in [-0.05, 0) is 44.9 Å². The maximum Gasteiger partial charge on any atom is 0.407 e. The molecular weight excluding hydrogens is 268 g/mol. The summed E-state index contributed by atoms with van der Waals surface area (Å²) in [6.07, 6.45) is 0.529. The normalized spacial score (nSPS) is 18.7. The van der Waals surface area contributed by atoms with Crippen LogP contribution in [0.15, 0.2) is 24.3 Å². The average molecular weight is 292 g/mol. The molecule has 1 amide bonds.